The van der Waals surface area contributed by atoms with Crippen molar-refractivity contribution in [2.24, 2.45) is 0 Å². The molecular weight excluding hydrogens is 370 g/mol. The lowest BCUT2D eigenvalue weighted by atomic mass is 10.1. The van der Waals surface area contributed by atoms with Gasteiger partial charge in [-0.15, -0.1) is 0 Å². The highest BCUT2D eigenvalue weighted by Gasteiger charge is 2.27. The second-order valence-electron chi connectivity index (χ2n) is 6.83. The van der Waals surface area contributed by atoms with Crippen molar-refractivity contribution in [3.8, 4) is 0 Å². The van der Waals surface area contributed by atoms with Gasteiger partial charge in [0.1, 0.15) is 0 Å². The van der Waals surface area contributed by atoms with Gasteiger partial charge in [-0.05, 0) is 12.1 Å². The maximum absolute atomic E-state index is 12.4. The Labute approximate surface area is 168 Å². The number of benzene rings is 2. The Morgan fingerprint density at radius 1 is 0.931 bits per heavy atom. The minimum Gasteiger partial charge on any atom is -0.293 e. The summed E-state index contributed by atoms with van der Waals surface area (Å²) < 4.78 is 5.23. The lowest BCUT2D eigenvalue weighted by molar-refractivity contribution is -0.759. The Morgan fingerprint density at radius 3 is 2.21 bits per heavy atom. The predicted molar refractivity (Wildman–Crippen MR) is 106 cm³/mol. The Hall–Kier alpha value is -3.52. The number of carbonyl (C=O) groups excluding carboxylic acids is 2. The number of rotatable bonds is 6. The zero-order chi connectivity index (χ0) is 20.1. The molecule has 0 unspecified atom stereocenters. The number of hydrogen-bond acceptors (Lipinski definition) is 6. The minimum atomic E-state index is -0.252. The fraction of sp³-hybridized carbons (Fsp3) is 0.238. The summed E-state index contributed by atoms with van der Waals surface area (Å²) in [5.74, 6) is 0.151. The fourth-order valence-electron chi connectivity index (χ4n) is 3.22. The van der Waals surface area contributed by atoms with Gasteiger partial charge < -0.3 is 0 Å². The molecule has 1 saturated heterocycles. The van der Waals surface area contributed by atoms with Crippen LogP contribution in [0.25, 0.3) is 0 Å². The lowest BCUT2D eigenvalue weighted by Crippen LogP contribution is -2.65. The van der Waals surface area contributed by atoms with Crippen LogP contribution in [-0.2, 0) is 0 Å². The molecule has 8 heteroatoms. The standard InChI is InChI=1S/C21H21N5O3/c27-19(17-7-3-1-4-8-17)15-24-11-13-25(14-12-24)26-16-20(29-23-26)22-21(28)18-9-5-2-6-10-18/h1-10,16H,11-15H2/p+1. The summed E-state index contributed by atoms with van der Waals surface area (Å²) in [7, 11) is 0. The number of hydrogen-bond donors (Lipinski definition) is 1. The van der Waals surface area contributed by atoms with E-state index < -0.39 is 0 Å². The average Bonchev–Trinajstić information content (AvgIpc) is 3.24. The minimum absolute atomic E-state index is 0.124. The first kappa shape index (κ1) is 18.8. The van der Waals surface area contributed by atoms with E-state index in [4.69, 9.17) is 4.52 Å². The third kappa shape index (κ3) is 4.67. The van der Waals surface area contributed by atoms with Crippen molar-refractivity contribution in [1.29, 1.82) is 0 Å². The van der Waals surface area contributed by atoms with E-state index in [1.54, 1.807) is 35.3 Å². The van der Waals surface area contributed by atoms with Crippen LogP contribution in [-0.4, -0.2) is 54.6 Å². The molecule has 2 heterocycles. The number of amides is 1. The quantitative estimate of drug-likeness (QED) is 0.504. The van der Waals surface area contributed by atoms with Gasteiger partial charge in [0.2, 0.25) is 5.27 Å². The Kier molecular flexibility index (Phi) is 5.62. The molecule has 3 aromatic rings. The molecule has 1 aliphatic rings. The number of nitrogens with one attached hydrogen (secondary N) is 1. The molecule has 0 spiro atoms. The maximum atomic E-state index is 12.4. The first-order valence-corrected chi connectivity index (χ1v) is 9.50. The topological polar surface area (TPSA) is 82.6 Å². The Balaban J connectivity index is 1.29. The molecule has 0 saturated carbocycles. The van der Waals surface area contributed by atoms with Crippen molar-refractivity contribution in [1.82, 2.24) is 10.2 Å². The monoisotopic (exact) mass is 392 g/mol. The largest absolute Gasteiger partial charge is 0.306 e. The van der Waals surface area contributed by atoms with Gasteiger partial charge in [0.05, 0.1) is 24.4 Å². The lowest BCUT2D eigenvalue weighted by Gasteiger charge is -2.29. The molecule has 8 nitrogen and oxygen atoms in total. The van der Waals surface area contributed by atoms with E-state index in [0.717, 1.165) is 18.7 Å². The molecule has 0 atom stereocenters. The van der Waals surface area contributed by atoms with Crippen LogP contribution in [0, 0.1) is 0 Å². The number of ketones is 1. The summed E-state index contributed by atoms with van der Waals surface area (Å²) in [5.41, 5.74) is 1.28. The fourth-order valence-corrected chi connectivity index (χ4v) is 3.22. The Bertz CT molecular complexity index is 966. The molecule has 148 valence electrons. The number of piperazine rings is 1. The highest BCUT2D eigenvalue weighted by molar-refractivity contribution is 6.03. The molecule has 0 bridgehead atoms. The van der Waals surface area contributed by atoms with Crippen molar-refractivity contribution in [2.45, 2.75) is 0 Å². The van der Waals surface area contributed by atoms with Crippen LogP contribution in [0.3, 0.4) is 0 Å². The summed E-state index contributed by atoms with van der Waals surface area (Å²) in [6, 6.07) is 18.3. The van der Waals surface area contributed by atoms with E-state index in [-0.39, 0.29) is 17.6 Å². The van der Waals surface area contributed by atoms with Crippen molar-refractivity contribution < 1.29 is 18.9 Å². The molecule has 0 aliphatic carbocycles. The Morgan fingerprint density at radius 2 is 1.55 bits per heavy atom. The van der Waals surface area contributed by atoms with Gasteiger partial charge in [0, 0.05) is 24.2 Å². The molecule has 1 N–H and O–H groups in total. The molecule has 1 aliphatic heterocycles. The zero-order valence-corrected chi connectivity index (χ0v) is 15.9. The summed E-state index contributed by atoms with van der Waals surface area (Å²) in [4.78, 5) is 28.3. The molecule has 4 rings (SSSR count). The first-order valence-electron chi connectivity index (χ1n) is 9.50. The van der Waals surface area contributed by atoms with E-state index in [1.165, 1.54) is 0 Å². The number of aromatic nitrogens is 2. The van der Waals surface area contributed by atoms with Crippen LogP contribution in [0.1, 0.15) is 20.7 Å². The smallest absolute Gasteiger partial charge is 0.293 e. The number of anilines is 1. The van der Waals surface area contributed by atoms with Gasteiger partial charge in [-0.1, -0.05) is 48.5 Å². The van der Waals surface area contributed by atoms with Gasteiger partial charge in [-0.25, -0.2) is 0 Å². The van der Waals surface area contributed by atoms with Gasteiger partial charge in [-0.3, -0.25) is 24.3 Å². The second-order valence-corrected chi connectivity index (χ2v) is 6.83. The van der Waals surface area contributed by atoms with Crippen molar-refractivity contribution in [2.75, 3.05) is 43.0 Å². The third-order valence-electron chi connectivity index (χ3n) is 4.83. The normalized spacial score (nSPS) is 14.6. The van der Waals surface area contributed by atoms with Gasteiger partial charge in [-0.2, -0.15) is 5.01 Å². The van der Waals surface area contributed by atoms with Crippen LogP contribution in [0.4, 0.5) is 5.88 Å². The molecule has 0 radical (unpaired) electrons. The number of carbonyl (C=O) groups is 2. The van der Waals surface area contributed by atoms with Crippen LogP contribution in [0.2, 0.25) is 0 Å². The molecule has 29 heavy (non-hydrogen) atoms. The van der Waals surface area contributed by atoms with Crippen molar-refractivity contribution in [3.63, 3.8) is 0 Å². The van der Waals surface area contributed by atoms with Gasteiger partial charge in [0.25, 0.3) is 12.1 Å². The predicted octanol–water partition coefficient (Wildman–Crippen LogP) is 1.35. The van der Waals surface area contributed by atoms with E-state index in [0.29, 0.717) is 25.2 Å². The second kappa shape index (κ2) is 8.66. The summed E-state index contributed by atoms with van der Waals surface area (Å²) in [6.45, 7) is 3.28. The van der Waals surface area contributed by atoms with E-state index in [2.05, 4.69) is 15.5 Å². The van der Waals surface area contributed by atoms with E-state index in [1.807, 2.05) is 41.4 Å². The van der Waals surface area contributed by atoms with Crippen LogP contribution in [0.15, 0.2) is 71.4 Å². The van der Waals surface area contributed by atoms with Crippen molar-refractivity contribution >= 4 is 17.6 Å². The van der Waals surface area contributed by atoms with Gasteiger partial charge >= 0.3 is 5.88 Å². The van der Waals surface area contributed by atoms with E-state index >= 15 is 0 Å². The van der Waals surface area contributed by atoms with Crippen LogP contribution >= 0.6 is 0 Å². The summed E-state index contributed by atoms with van der Waals surface area (Å²) >= 11 is 0. The van der Waals surface area contributed by atoms with Crippen LogP contribution < -0.4 is 15.1 Å². The highest BCUT2D eigenvalue weighted by atomic mass is 16.5. The highest BCUT2D eigenvalue weighted by Crippen LogP contribution is 2.07. The molecule has 1 aromatic heterocycles. The SMILES string of the molecule is O=C(CN1CCN([n+]2cc(NC(=O)c3ccccc3)on2)CC1)c1ccccc1. The van der Waals surface area contributed by atoms with Crippen LogP contribution in [0.5, 0.6) is 0 Å². The number of Topliss-reactive ketones (excluding diaryl/α,β-unsaturated/α-hetero) is 1. The molecule has 1 fully saturated rings. The number of nitrogens with zero attached hydrogens (tertiary/aromatic N) is 4. The molecular formula is C21H22N5O3+. The third-order valence-corrected chi connectivity index (χ3v) is 4.83. The average molecular weight is 392 g/mol. The van der Waals surface area contributed by atoms with Gasteiger partial charge in [0.15, 0.2) is 5.78 Å². The molecule has 2 aromatic carbocycles. The first-order chi connectivity index (χ1) is 14.2. The summed E-state index contributed by atoms with van der Waals surface area (Å²) in [6.07, 6.45) is 1.64. The van der Waals surface area contributed by atoms with E-state index in [9.17, 15) is 9.59 Å². The summed E-state index contributed by atoms with van der Waals surface area (Å²) in [5, 5.41) is 8.69. The molecule has 1 amide bonds. The van der Waals surface area contributed by atoms with Crippen molar-refractivity contribution in [3.05, 3.63) is 78.0 Å². The zero-order valence-electron chi connectivity index (χ0n) is 15.9. The maximum Gasteiger partial charge on any atom is 0.306 e.